The third kappa shape index (κ3) is 4.63. The number of morpholine rings is 1. The largest absolute Gasteiger partial charge is 0.378 e. The SMILES string of the molecule is CN=C(NCc1ccccc1N1CCOCC1)NC1CCCCC1. The van der Waals surface area contributed by atoms with Crippen LogP contribution in [0.4, 0.5) is 5.69 Å². The Balaban J connectivity index is 1.58. The van der Waals surface area contributed by atoms with E-state index in [1.165, 1.54) is 43.4 Å². The Kier molecular flexibility index (Phi) is 6.35. The molecule has 1 heterocycles. The van der Waals surface area contributed by atoms with Gasteiger partial charge in [0.15, 0.2) is 5.96 Å². The smallest absolute Gasteiger partial charge is 0.191 e. The molecule has 24 heavy (non-hydrogen) atoms. The molecule has 1 aliphatic heterocycles. The molecule has 0 radical (unpaired) electrons. The maximum Gasteiger partial charge on any atom is 0.191 e. The summed E-state index contributed by atoms with van der Waals surface area (Å²) in [4.78, 5) is 6.81. The van der Waals surface area contributed by atoms with E-state index in [0.29, 0.717) is 6.04 Å². The second-order valence-corrected chi connectivity index (χ2v) is 6.63. The normalized spacial score (nSPS) is 20.0. The van der Waals surface area contributed by atoms with Crippen molar-refractivity contribution in [2.45, 2.75) is 44.7 Å². The monoisotopic (exact) mass is 330 g/mol. The fourth-order valence-corrected chi connectivity index (χ4v) is 3.59. The minimum atomic E-state index is 0.569. The van der Waals surface area contributed by atoms with Crippen molar-refractivity contribution in [1.29, 1.82) is 0 Å². The van der Waals surface area contributed by atoms with Crippen LogP contribution in [0.5, 0.6) is 0 Å². The van der Waals surface area contributed by atoms with Crippen LogP contribution in [0.2, 0.25) is 0 Å². The second kappa shape index (κ2) is 8.92. The van der Waals surface area contributed by atoms with Crippen LogP contribution >= 0.6 is 0 Å². The number of hydrogen-bond donors (Lipinski definition) is 2. The number of anilines is 1. The molecule has 1 saturated carbocycles. The molecule has 2 aliphatic rings. The van der Waals surface area contributed by atoms with Crippen LogP contribution in [0, 0.1) is 0 Å². The van der Waals surface area contributed by atoms with Gasteiger partial charge in [0.05, 0.1) is 13.2 Å². The summed E-state index contributed by atoms with van der Waals surface area (Å²) in [6.07, 6.45) is 6.54. The predicted octanol–water partition coefficient (Wildman–Crippen LogP) is 2.52. The van der Waals surface area contributed by atoms with E-state index in [1.54, 1.807) is 0 Å². The molecule has 0 spiro atoms. The fourth-order valence-electron chi connectivity index (χ4n) is 3.59. The number of nitrogens with zero attached hydrogens (tertiary/aromatic N) is 2. The van der Waals surface area contributed by atoms with Crippen LogP contribution in [0.25, 0.3) is 0 Å². The topological polar surface area (TPSA) is 48.9 Å². The van der Waals surface area contributed by atoms with Gasteiger partial charge in [0.2, 0.25) is 0 Å². The van der Waals surface area contributed by atoms with Crippen molar-refractivity contribution in [3.8, 4) is 0 Å². The Morgan fingerprint density at radius 1 is 1.17 bits per heavy atom. The van der Waals surface area contributed by atoms with Crippen molar-refractivity contribution in [2.24, 2.45) is 4.99 Å². The highest BCUT2D eigenvalue weighted by Gasteiger charge is 2.16. The lowest BCUT2D eigenvalue weighted by Crippen LogP contribution is -2.44. The van der Waals surface area contributed by atoms with Gasteiger partial charge in [-0.1, -0.05) is 37.5 Å². The van der Waals surface area contributed by atoms with Crippen molar-refractivity contribution >= 4 is 11.6 Å². The predicted molar refractivity (Wildman–Crippen MR) is 99.7 cm³/mol. The molecule has 3 rings (SSSR count). The first kappa shape index (κ1) is 17.1. The van der Waals surface area contributed by atoms with Crippen LogP contribution < -0.4 is 15.5 Å². The number of aliphatic imine (C=N–C) groups is 1. The molecule has 1 aromatic rings. The molecule has 5 heteroatoms. The number of nitrogens with one attached hydrogen (secondary N) is 2. The Morgan fingerprint density at radius 2 is 1.92 bits per heavy atom. The van der Waals surface area contributed by atoms with Crippen LogP contribution in [0.3, 0.4) is 0 Å². The Morgan fingerprint density at radius 3 is 2.67 bits per heavy atom. The van der Waals surface area contributed by atoms with E-state index in [9.17, 15) is 0 Å². The van der Waals surface area contributed by atoms with Gasteiger partial charge < -0.3 is 20.3 Å². The highest BCUT2D eigenvalue weighted by atomic mass is 16.5. The molecule has 0 amide bonds. The number of guanidine groups is 1. The van der Waals surface area contributed by atoms with E-state index in [1.807, 2.05) is 7.05 Å². The maximum absolute atomic E-state index is 5.47. The first-order valence-electron chi connectivity index (χ1n) is 9.24. The van der Waals surface area contributed by atoms with Crippen LogP contribution in [-0.2, 0) is 11.3 Å². The zero-order valence-corrected chi connectivity index (χ0v) is 14.8. The average molecular weight is 330 g/mol. The summed E-state index contributed by atoms with van der Waals surface area (Å²) in [6.45, 7) is 4.34. The first-order chi connectivity index (χ1) is 11.9. The lowest BCUT2D eigenvalue weighted by atomic mass is 9.96. The summed E-state index contributed by atoms with van der Waals surface area (Å²) in [5.74, 6) is 0.915. The molecule has 132 valence electrons. The number of benzene rings is 1. The maximum atomic E-state index is 5.47. The van der Waals surface area contributed by atoms with Gasteiger partial charge >= 0.3 is 0 Å². The van der Waals surface area contributed by atoms with Crippen LogP contribution in [0.15, 0.2) is 29.3 Å². The summed E-state index contributed by atoms with van der Waals surface area (Å²) in [5, 5.41) is 7.07. The molecule has 1 aromatic carbocycles. The van der Waals surface area contributed by atoms with Crippen molar-refractivity contribution in [2.75, 3.05) is 38.3 Å². The van der Waals surface area contributed by atoms with E-state index >= 15 is 0 Å². The summed E-state index contributed by atoms with van der Waals surface area (Å²) in [7, 11) is 1.85. The third-order valence-corrected chi connectivity index (χ3v) is 4.96. The average Bonchev–Trinajstić information content (AvgIpc) is 2.67. The molecule has 1 saturated heterocycles. The van der Waals surface area contributed by atoms with E-state index in [-0.39, 0.29) is 0 Å². The van der Waals surface area contributed by atoms with Crippen LogP contribution in [0.1, 0.15) is 37.7 Å². The zero-order valence-electron chi connectivity index (χ0n) is 14.8. The van der Waals surface area contributed by atoms with Crippen molar-refractivity contribution < 1.29 is 4.74 Å². The fraction of sp³-hybridized carbons (Fsp3) is 0.632. The molecule has 5 nitrogen and oxygen atoms in total. The first-order valence-corrected chi connectivity index (χ1v) is 9.24. The Labute approximate surface area is 145 Å². The van der Waals surface area contributed by atoms with Gasteiger partial charge in [-0.05, 0) is 24.5 Å². The molecule has 2 fully saturated rings. The van der Waals surface area contributed by atoms with Crippen molar-refractivity contribution in [1.82, 2.24) is 10.6 Å². The lowest BCUT2D eigenvalue weighted by Gasteiger charge is -2.31. The van der Waals surface area contributed by atoms with Gasteiger partial charge in [-0.2, -0.15) is 0 Å². The van der Waals surface area contributed by atoms with Gasteiger partial charge in [0, 0.05) is 38.4 Å². The van der Waals surface area contributed by atoms with Gasteiger partial charge in [-0.15, -0.1) is 0 Å². The molecular weight excluding hydrogens is 300 g/mol. The highest BCUT2D eigenvalue weighted by molar-refractivity contribution is 5.80. The van der Waals surface area contributed by atoms with Gasteiger partial charge in [0.25, 0.3) is 0 Å². The lowest BCUT2D eigenvalue weighted by molar-refractivity contribution is 0.122. The molecule has 0 bridgehead atoms. The minimum Gasteiger partial charge on any atom is -0.378 e. The van der Waals surface area contributed by atoms with E-state index in [4.69, 9.17) is 4.74 Å². The van der Waals surface area contributed by atoms with E-state index < -0.39 is 0 Å². The summed E-state index contributed by atoms with van der Waals surface area (Å²) < 4.78 is 5.47. The number of para-hydroxylation sites is 1. The van der Waals surface area contributed by atoms with Crippen LogP contribution in [-0.4, -0.2) is 45.4 Å². The Bertz CT molecular complexity index is 534. The number of ether oxygens (including phenoxy) is 1. The van der Waals surface area contributed by atoms with Gasteiger partial charge in [-0.25, -0.2) is 0 Å². The van der Waals surface area contributed by atoms with E-state index in [2.05, 4.69) is 44.8 Å². The summed E-state index contributed by atoms with van der Waals surface area (Å²) in [6, 6.07) is 9.20. The van der Waals surface area contributed by atoms with Gasteiger partial charge in [-0.3, -0.25) is 4.99 Å². The van der Waals surface area contributed by atoms with Crippen molar-refractivity contribution in [3.05, 3.63) is 29.8 Å². The molecule has 0 atom stereocenters. The number of hydrogen-bond acceptors (Lipinski definition) is 3. The van der Waals surface area contributed by atoms with E-state index in [0.717, 1.165) is 38.8 Å². The zero-order chi connectivity index (χ0) is 16.6. The highest BCUT2D eigenvalue weighted by Crippen LogP contribution is 2.21. The summed E-state index contributed by atoms with van der Waals surface area (Å²) >= 11 is 0. The number of rotatable bonds is 4. The third-order valence-electron chi connectivity index (χ3n) is 4.96. The van der Waals surface area contributed by atoms with Gasteiger partial charge in [0.1, 0.15) is 0 Å². The second-order valence-electron chi connectivity index (χ2n) is 6.63. The molecule has 0 aromatic heterocycles. The van der Waals surface area contributed by atoms with Crippen molar-refractivity contribution in [3.63, 3.8) is 0 Å². The summed E-state index contributed by atoms with van der Waals surface area (Å²) in [5.41, 5.74) is 2.62. The standard InChI is InChI=1S/C19H30N4O/c1-20-19(22-17-8-3-2-4-9-17)21-15-16-7-5-6-10-18(16)23-11-13-24-14-12-23/h5-7,10,17H,2-4,8-9,11-15H2,1H3,(H2,20,21,22). The minimum absolute atomic E-state index is 0.569. The molecule has 0 unspecified atom stereocenters. The Hall–Kier alpha value is -1.75. The molecule has 1 aliphatic carbocycles. The molecular formula is C19H30N4O. The molecule has 2 N–H and O–H groups in total. The quantitative estimate of drug-likeness (QED) is 0.658.